The summed E-state index contributed by atoms with van der Waals surface area (Å²) in [6, 6.07) is 4.16. The molecule has 1 unspecified atom stereocenters. The van der Waals surface area contributed by atoms with Crippen molar-refractivity contribution < 1.29 is 69.1 Å². The smallest absolute Gasteiger partial charge is 0.494 e. The first-order chi connectivity index (χ1) is 7.34. The minimum Gasteiger partial charge on any atom is -0.494 e. The second kappa shape index (κ2) is 7.19. The second-order valence-corrected chi connectivity index (χ2v) is 3.95. The third-order valence-corrected chi connectivity index (χ3v) is 2.42. The van der Waals surface area contributed by atoms with Gasteiger partial charge in [0.2, 0.25) is 0 Å². The number of aryl methyl sites for hydroxylation is 1. The summed E-state index contributed by atoms with van der Waals surface area (Å²) in [7, 11) is 0. The van der Waals surface area contributed by atoms with Gasteiger partial charge in [-0.1, -0.05) is 30.1 Å². The fraction of sp³-hybridized carbons (Fsp3) is 0.455. The van der Waals surface area contributed by atoms with Gasteiger partial charge in [-0.15, -0.1) is 0 Å². The number of hydrogen-bond donors (Lipinski definition) is 0. The summed E-state index contributed by atoms with van der Waals surface area (Å²) in [6.45, 7) is 0.249. The van der Waals surface area contributed by atoms with Gasteiger partial charge in [0.15, 0.2) is 0 Å². The maximum Gasteiger partial charge on any atom is 1.00 e. The van der Waals surface area contributed by atoms with Crippen molar-refractivity contribution in [1.82, 2.24) is 0 Å². The van der Waals surface area contributed by atoms with E-state index in [1.54, 1.807) is 19.9 Å². The summed E-state index contributed by atoms with van der Waals surface area (Å²) in [6.07, 6.45) is 0.470. The van der Waals surface area contributed by atoms with E-state index in [0.717, 1.165) is 6.07 Å². The molecule has 0 aliphatic rings. The van der Waals surface area contributed by atoms with Gasteiger partial charge < -0.3 is 17.7 Å². The summed E-state index contributed by atoms with van der Waals surface area (Å²) < 4.78 is 43.6. The number of rotatable bonds is 4. The van der Waals surface area contributed by atoms with Crippen molar-refractivity contribution in [3.05, 3.63) is 23.8 Å². The molecule has 17 heavy (non-hydrogen) atoms. The van der Waals surface area contributed by atoms with Crippen molar-refractivity contribution in [2.24, 2.45) is 0 Å². The van der Waals surface area contributed by atoms with E-state index < -0.39 is 12.4 Å². The zero-order valence-electron chi connectivity index (χ0n) is 10.6. The molecular weight excluding hydrogens is 255 g/mol. The molecule has 0 aromatic heterocycles. The van der Waals surface area contributed by atoms with Crippen LogP contribution >= 0.6 is 0 Å². The molecular formula is C11H15BF3KO. The van der Waals surface area contributed by atoms with Crippen LogP contribution in [0.1, 0.15) is 25.8 Å². The molecule has 6 heteroatoms. The van der Waals surface area contributed by atoms with Gasteiger partial charge in [0.1, 0.15) is 0 Å². The van der Waals surface area contributed by atoms with Gasteiger partial charge >= 0.3 is 58.4 Å². The molecule has 1 rings (SSSR count). The minimum atomic E-state index is -5.02. The molecule has 1 nitrogen and oxygen atoms in total. The number of ether oxygens (including phenoxy) is 1. The van der Waals surface area contributed by atoms with Crippen LogP contribution in [-0.4, -0.2) is 13.1 Å². The Hall–Kier alpha value is 0.511. The van der Waals surface area contributed by atoms with Gasteiger partial charge in [0.05, 0.1) is 11.9 Å². The van der Waals surface area contributed by atoms with E-state index in [4.69, 9.17) is 4.74 Å². The van der Waals surface area contributed by atoms with Gasteiger partial charge in [0.25, 0.3) is 0 Å². The van der Waals surface area contributed by atoms with E-state index in [1.807, 2.05) is 6.92 Å². The van der Waals surface area contributed by atoms with Crippen LogP contribution in [0.5, 0.6) is 5.75 Å². The quantitative estimate of drug-likeness (QED) is 0.712. The normalized spacial score (nSPS) is 12.8. The van der Waals surface area contributed by atoms with Crippen molar-refractivity contribution in [2.45, 2.75) is 33.3 Å². The van der Waals surface area contributed by atoms with Crippen molar-refractivity contribution in [3.8, 4) is 5.75 Å². The first-order valence-corrected chi connectivity index (χ1v) is 5.31. The second-order valence-electron chi connectivity index (χ2n) is 3.95. The maximum atomic E-state index is 12.8. The predicted octanol–water partition coefficient (Wildman–Crippen LogP) is 0.231. The molecule has 0 heterocycles. The van der Waals surface area contributed by atoms with Crippen LogP contribution in [0.2, 0.25) is 0 Å². The SMILES string of the molecule is CCC(C)Oc1ccc(C)cc1[B-](F)(F)F.[K+]. The van der Waals surface area contributed by atoms with Gasteiger partial charge in [0, 0.05) is 0 Å². The third kappa shape index (κ3) is 5.34. The van der Waals surface area contributed by atoms with Crippen LogP contribution in [-0.2, 0) is 0 Å². The molecule has 0 spiro atoms. The zero-order valence-corrected chi connectivity index (χ0v) is 13.8. The van der Waals surface area contributed by atoms with Crippen LogP contribution in [0.3, 0.4) is 0 Å². The monoisotopic (exact) mass is 270 g/mol. The molecule has 0 fully saturated rings. The molecule has 0 radical (unpaired) electrons. The van der Waals surface area contributed by atoms with Crippen molar-refractivity contribution in [1.29, 1.82) is 0 Å². The molecule has 0 aliphatic heterocycles. The van der Waals surface area contributed by atoms with Crippen molar-refractivity contribution >= 4 is 12.4 Å². The molecule has 0 saturated carbocycles. The minimum absolute atomic E-state index is 0. The largest absolute Gasteiger partial charge is 1.00 e. The molecule has 1 atom stereocenters. The molecule has 90 valence electrons. The Kier molecular flexibility index (Phi) is 7.40. The van der Waals surface area contributed by atoms with Crippen LogP contribution in [0.25, 0.3) is 0 Å². The fourth-order valence-corrected chi connectivity index (χ4v) is 1.33. The Balaban J connectivity index is 0.00000256. The zero-order chi connectivity index (χ0) is 12.3. The third-order valence-electron chi connectivity index (χ3n) is 2.42. The fourth-order valence-electron chi connectivity index (χ4n) is 1.33. The van der Waals surface area contributed by atoms with E-state index in [1.165, 1.54) is 6.07 Å². The Labute approximate surface area is 143 Å². The topological polar surface area (TPSA) is 9.23 Å². The Morgan fingerprint density at radius 1 is 1.29 bits per heavy atom. The number of hydrogen-bond acceptors (Lipinski definition) is 1. The molecule has 0 N–H and O–H groups in total. The van der Waals surface area contributed by atoms with Gasteiger partial charge in [-0.3, -0.25) is 0 Å². The van der Waals surface area contributed by atoms with E-state index in [-0.39, 0.29) is 63.2 Å². The summed E-state index contributed by atoms with van der Waals surface area (Å²) in [5.74, 6) is -0.0625. The summed E-state index contributed by atoms with van der Waals surface area (Å²) in [5.41, 5.74) is -0.0500. The Bertz CT molecular complexity index is 368. The van der Waals surface area contributed by atoms with E-state index in [2.05, 4.69) is 0 Å². The molecule has 0 amide bonds. The van der Waals surface area contributed by atoms with E-state index in [9.17, 15) is 12.9 Å². The van der Waals surface area contributed by atoms with Crippen LogP contribution in [0, 0.1) is 6.92 Å². The summed E-state index contributed by atoms with van der Waals surface area (Å²) in [4.78, 5) is 0. The molecule has 0 saturated heterocycles. The van der Waals surface area contributed by atoms with Gasteiger partial charge in [-0.2, -0.15) is 0 Å². The first kappa shape index (κ1) is 17.5. The average Bonchev–Trinajstić information content (AvgIpc) is 2.19. The van der Waals surface area contributed by atoms with Crippen molar-refractivity contribution in [3.63, 3.8) is 0 Å². The Morgan fingerprint density at radius 3 is 2.35 bits per heavy atom. The molecule has 0 aliphatic carbocycles. The van der Waals surface area contributed by atoms with E-state index >= 15 is 0 Å². The van der Waals surface area contributed by atoms with E-state index in [0.29, 0.717) is 12.0 Å². The van der Waals surface area contributed by atoms with Crippen LogP contribution < -0.4 is 61.6 Å². The average molecular weight is 270 g/mol. The maximum absolute atomic E-state index is 12.8. The molecule has 1 aromatic rings. The summed E-state index contributed by atoms with van der Waals surface area (Å²) in [5, 5.41) is 0. The van der Waals surface area contributed by atoms with Crippen LogP contribution in [0.4, 0.5) is 12.9 Å². The summed E-state index contributed by atoms with van der Waals surface area (Å²) >= 11 is 0. The molecule has 1 aromatic carbocycles. The van der Waals surface area contributed by atoms with Crippen LogP contribution in [0.15, 0.2) is 18.2 Å². The predicted molar refractivity (Wildman–Crippen MR) is 60.3 cm³/mol. The Morgan fingerprint density at radius 2 is 1.88 bits per heavy atom. The van der Waals surface area contributed by atoms with Gasteiger partial charge in [-0.25, -0.2) is 0 Å². The number of benzene rings is 1. The standard InChI is InChI=1S/C11H15BF3O.K/c1-4-9(3)16-11-6-5-8(2)7-10(11)12(13,14)15;/h5-7,9H,4H2,1-3H3;/q-1;+1. The number of halogens is 3. The van der Waals surface area contributed by atoms with Crippen molar-refractivity contribution in [2.75, 3.05) is 0 Å². The first-order valence-electron chi connectivity index (χ1n) is 5.31. The van der Waals surface area contributed by atoms with Gasteiger partial charge in [-0.05, 0) is 26.3 Å². The molecule has 0 bridgehead atoms.